The molecule has 0 aromatic heterocycles. The van der Waals surface area contributed by atoms with E-state index in [1.54, 1.807) is 0 Å². The van der Waals surface area contributed by atoms with Gasteiger partial charge in [-0.25, -0.2) is 0 Å². The lowest BCUT2D eigenvalue weighted by Gasteiger charge is -1.93. The Kier molecular flexibility index (Phi) is 1.79. The van der Waals surface area contributed by atoms with E-state index in [4.69, 9.17) is 22.6 Å². The van der Waals surface area contributed by atoms with Crippen LogP contribution in [0.15, 0.2) is 18.2 Å². The van der Waals surface area contributed by atoms with Gasteiger partial charge in [0.15, 0.2) is 0 Å². The second kappa shape index (κ2) is 2.59. The van der Waals surface area contributed by atoms with E-state index in [0.29, 0.717) is 16.3 Å². The van der Waals surface area contributed by atoms with Crippen molar-refractivity contribution in [1.29, 1.82) is 5.26 Å². The maximum absolute atomic E-state index is 8.41. The first-order valence-corrected chi connectivity index (χ1v) is 3.03. The fourth-order valence-corrected chi connectivity index (χ4v) is 0.829. The van der Waals surface area contributed by atoms with Gasteiger partial charge in [-0.2, -0.15) is 5.26 Å². The van der Waals surface area contributed by atoms with E-state index in [0.717, 1.165) is 0 Å². The fourth-order valence-electron chi connectivity index (χ4n) is 0.606. The molecule has 1 N–H and O–H groups in total. The standard InChI is InChI=1S/C7H4ClN2/c8-7-3-6(10)2-1-5(7)4-9/h1-3,10H. The highest BCUT2D eigenvalue weighted by Gasteiger charge is 1.97. The third-order valence-electron chi connectivity index (χ3n) is 1.09. The number of nitrogens with zero attached hydrogens (tertiary/aromatic N) is 1. The molecule has 0 aliphatic heterocycles. The molecule has 0 aliphatic carbocycles. The zero-order chi connectivity index (χ0) is 7.56. The molecule has 3 heteroatoms. The van der Waals surface area contributed by atoms with Crippen molar-refractivity contribution in [2.45, 2.75) is 0 Å². The summed E-state index contributed by atoms with van der Waals surface area (Å²) in [7, 11) is 0. The monoisotopic (exact) mass is 151 g/mol. The van der Waals surface area contributed by atoms with Gasteiger partial charge in [-0.05, 0) is 18.2 Å². The van der Waals surface area contributed by atoms with Crippen LogP contribution in [-0.2, 0) is 0 Å². The smallest absolute Gasteiger partial charge is 0.101 e. The van der Waals surface area contributed by atoms with Crippen molar-refractivity contribution in [3.63, 3.8) is 0 Å². The number of rotatable bonds is 0. The van der Waals surface area contributed by atoms with Crippen molar-refractivity contribution in [2.24, 2.45) is 0 Å². The zero-order valence-electron chi connectivity index (χ0n) is 5.06. The fraction of sp³-hybridized carbons (Fsp3) is 0. The number of nitriles is 1. The Morgan fingerprint density at radius 3 is 2.70 bits per heavy atom. The van der Waals surface area contributed by atoms with Gasteiger partial charge in [0, 0.05) is 0 Å². The summed E-state index contributed by atoms with van der Waals surface area (Å²) in [5, 5.41) is 8.76. The highest BCUT2D eigenvalue weighted by Crippen LogP contribution is 2.18. The third kappa shape index (κ3) is 1.20. The van der Waals surface area contributed by atoms with Crippen LogP contribution in [0.25, 0.3) is 0 Å². The van der Waals surface area contributed by atoms with Crippen molar-refractivity contribution in [2.75, 3.05) is 0 Å². The first-order chi connectivity index (χ1) is 4.74. The second-order valence-corrected chi connectivity index (χ2v) is 2.21. The molecule has 0 heterocycles. The zero-order valence-corrected chi connectivity index (χ0v) is 5.81. The van der Waals surface area contributed by atoms with Crippen molar-refractivity contribution in [1.82, 2.24) is 5.73 Å². The Morgan fingerprint density at radius 1 is 1.50 bits per heavy atom. The van der Waals surface area contributed by atoms with E-state index in [1.165, 1.54) is 18.2 Å². The summed E-state index contributed by atoms with van der Waals surface area (Å²) in [4.78, 5) is 0. The van der Waals surface area contributed by atoms with E-state index < -0.39 is 0 Å². The van der Waals surface area contributed by atoms with Crippen molar-refractivity contribution >= 4 is 17.3 Å². The normalized spacial score (nSPS) is 8.80. The Hall–Kier alpha value is -1.20. The molecular weight excluding hydrogens is 148 g/mol. The van der Waals surface area contributed by atoms with Crippen LogP contribution in [0.1, 0.15) is 5.56 Å². The number of nitrogens with one attached hydrogen (secondary N) is 1. The molecule has 0 atom stereocenters. The van der Waals surface area contributed by atoms with Crippen LogP contribution >= 0.6 is 11.6 Å². The molecular formula is C7H4ClN2. The van der Waals surface area contributed by atoms with E-state index in [2.05, 4.69) is 0 Å². The van der Waals surface area contributed by atoms with Gasteiger partial charge in [-0.1, -0.05) is 11.6 Å². The largest absolute Gasteiger partial charge is 0.301 e. The third-order valence-corrected chi connectivity index (χ3v) is 1.40. The Labute approximate surface area is 63.8 Å². The minimum atomic E-state index is 0.323. The summed E-state index contributed by atoms with van der Waals surface area (Å²) in [5.41, 5.74) is 7.85. The predicted octanol–water partition coefficient (Wildman–Crippen LogP) is 2.13. The Morgan fingerprint density at radius 2 is 2.20 bits per heavy atom. The lowest BCUT2D eigenvalue weighted by molar-refractivity contribution is 1.44. The number of benzene rings is 1. The topological polar surface area (TPSA) is 47.6 Å². The molecule has 1 aromatic carbocycles. The Bertz CT molecular complexity index is 288. The van der Waals surface area contributed by atoms with E-state index >= 15 is 0 Å². The molecule has 0 amide bonds. The van der Waals surface area contributed by atoms with Crippen molar-refractivity contribution in [3.05, 3.63) is 28.8 Å². The maximum Gasteiger partial charge on any atom is 0.101 e. The first-order valence-electron chi connectivity index (χ1n) is 2.65. The van der Waals surface area contributed by atoms with Crippen LogP contribution in [0.2, 0.25) is 5.02 Å². The van der Waals surface area contributed by atoms with Gasteiger partial charge < -0.3 is 5.73 Å². The quantitative estimate of drug-likeness (QED) is 0.560. The summed E-state index contributed by atoms with van der Waals surface area (Å²) < 4.78 is 0. The van der Waals surface area contributed by atoms with Gasteiger partial charge in [-0.3, -0.25) is 0 Å². The molecule has 1 aromatic rings. The minimum Gasteiger partial charge on any atom is -0.301 e. The molecule has 0 aliphatic rings. The van der Waals surface area contributed by atoms with Crippen molar-refractivity contribution in [3.8, 4) is 6.07 Å². The molecule has 49 valence electrons. The van der Waals surface area contributed by atoms with Gasteiger partial charge >= 0.3 is 0 Å². The lowest BCUT2D eigenvalue weighted by Crippen LogP contribution is -1.76. The molecule has 0 saturated carbocycles. The van der Waals surface area contributed by atoms with Gasteiger partial charge in [-0.15, -0.1) is 0 Å². The molecule has 10 heavy (non-hydrogen) atoms. The highest BCUT2D eigenvalue weighted by atomic mass is 35.5. The molecule has 0 bridgehead atoms. The van der Waals surface area contributed by atoms with Crippen LogP contribution in [0.3, 0.4) is 0 Å². The molecule has 0 unspecified atom stereocenters. The SMILES string of the molecule is N#Cc1ccc([NH])cc1Cl. The summed E-state index contributed by atoms with van der Waals surface area (Å²) in [6.07, 6.45) is 0. The minimum absolute atomic E-state index is 0.323. The average Bonchev–Trinajstić information content (AvgIpc) is 1.88. The summed E-state index contributed by atoms with van der Waals surface area (Å²) >= 11 is 5.59. The maximum atomic E-state index is 8.41. The molecule has 2 nitrogen and oxygen atoms in total. The van der Waals surface area contributed by atoms with Crippen LogP contribution < -0.4 is 5.73 Å². The van der Waals surface area contributed by atoms with Crippen LogP contribution in [0, 0.1) is 11.3 Å². The highest BCUT2D eigenvalue weighted by molar-refractivity contribution is 6.31. The van der Waals surface area contributed by atoms with Gasteiger partial charge in [0.05, 0.1) is 16.3 Å². The second-order valence-electron chi connectivity index (χ2n) is 1.81. The molecule has 1 radical (unpaired) electrons. The van der Waals surface area contributed by atoms with Crippen LogP contribution in [-0.4, -0.2) is 0 Å². The lowest BCUT2D eigenvalue weighted by atomic mass is 10.2. The van der Waals surface area contributed by atoms with E-state index in [9.17, 15) is 0 Å². The molecule has 0 spiro atoms. The Balaban J connectivity index is 3.23. The number of hydrogen-bond donors (Lipinski definition) is 0. The van der Waals surface area contributed by atoms with Gasteiger partial charge in [0.2, 0.25) is 0 Å². The van der Waals surface area contributed by atoms with E-state index in [-0.39, 0.29) is 0 Å². The molecule has 0 saturated heterocycles. The van der Waals surface area contributed by atoms with E-state index in [1.807, 2.05) is 6.07 Å². The number of hydrogen-bond acceptors (Lipinski definition) is 1. The summed E-state index contributed by atoms with van der Waals surface area (Å²) in [6, 6.07) is 6.42. The molecule has 1 rings (SSSR count). The molecule has 0 fully saturated rings. The van der Waals surface area contributed by atoms with Crippen molar-refractivity contribution < 1.29 is 0 Å². The number of halogens is 1. The predicted molar refractivity (Wildman–Crippen MR) is 38.9 cm³/mol. The summed E-state index contributed by atoms with van der Waals surface area (Å²) in [6.45, 7) is 0. The van der Waals surface area contributed by atoms with Gasteiger partial charge in [0.25, 0.3) is 0 Å². The van der Waals surface area contributed by atoms with Crippen LogP contribution in [0.5, 0.6) is 0 Å². The summed E-state index contributed by atoms with van der Waals surface area (Å²) in [5.74, 6) is 0. The average molecular weight is 152 g/mol. The van der Waals surface area contributed by atoms with Gasteiger partial charge in [0.1, 0.15) is 6.07 Å². The van der Waals surface area contributed by atoms with Crippen LogP contribution in [0.4, 0.5) is 5.69 Å². The first kappa shape index (κ1) is 6.91.